The van der Waals surface area contributed by atoms with Crippen LogP contribution in [-0.2, 0) is 33.4 Å². The fourth-order valence-corrected chi connectivity index (χ4v) is 3.68. The molecule has 0 bridgehead atoms. The maximum Gasteiger partial charge on any atom is 0.347 e. The number of carbonyl (C=O) groups is 4. The molecule has 0 fully saturated rings. The van der Waals surface area contributed by atoms with E-state index in [1.54, 1.807) is 24.5 Å². The van der Waals surface area contributed by atoms with Crippen molar-refractivity contribution in [2.75, 3.05) is 18.4 Å². The van der Waals surface area contributed by atoms with Gasteiger partial charge in [-0.15, -0.1) is 0 Å². The summed E-state index contributed by atoms with van der Waals surface area (Å²) in [7, 11) is 0. The summed E-state index contributed by atoms with van der Waals surface area (Å²) < 4.78 is 15.5. The van der Waals surface area contributed by atoms with E-state index in [2.05, 4.69) is 36.2 Å². The Morgan fingerprint density at radius 1 is 0.971 bits per heavy atom. The molecule has 1 aromatic heterocycles. The highest BCUT2D eigenvalue weighted by Crippen LogP contribution is 2.29. The van der Waals surface area contributed by atoms with Crippen LogP contribution >= 0.6 is 15.9 Å². The molecule has 0 saturated heterocycles. The average molecular weight is 550 g/mol. The zero-order chi connectivity index (χ0) is 25.7. The van der Waals surface area contributed by atoms with Crippen molar-refractivity contribution in [3.8, 4) is 0 Å². The number of carbonyl (C=O) groups excluding carboxylic acids is 4. The van der Waals surface area contributed by atoms with Gasteiger partial charge in [-0.2, -0.15) is 0 Å². The molecule has 0 aliphatic carbocycles. The number of anilines is 1. The molecule has 186 valence electrons. The van der Waals surface area contributed by atoms with Crippen LogP contribution in [-0.4, -0.2) is 76.0 Å². The van der Waals surface area contributed by atoms with E-state index in [1.165, 1.54) is 25.7 Å². The van der Waals surface area contributed by atoms with Crippen LogP contribution in [0.2, 0.25) is 0 Å². The second kappa shape index (κ2) is 11.2. The first kappa shape index (κ1) is 26.0. The van der Waals surface area contributed by atoms with Crippen LogP contribution in [0.15, 0.2) is 34.0 Å². The molecular formula is C22H24BrN5O7. The molecule has 1 amide bonds. The number of hydrogen-bond donors (Lipinski definition) is 1. The van der Waals surface area contributed by atoms with E-state index in [9.17, 15) is 19.2 Å². The van der Waals surface area contributed by atoms with Crippen LogP contribution in [0.4, 0.5) is 5.69 Å². The van der Waals surface area contributed by atoms with Gasteiger partial charge < -0.3 is 19.5 Å². The van der Waals surface area contributed by atoms with Gasteiger partial charge in [-0.05, 0) is 48.8 Å². The van der Waals surface area contributed by atoms with E-state index < -0.39 is 42.1 Å². The Balaban J connectivity index is 1.61. The minimum absolute atomic E-state index is 0.288. The van der Waals surface area contributed by atoms with Crippen molar-refractivity contribution in [3.63, 3.8) is 0 Å². The lowest BCUT2D eigenvalue weighted by molar-refractivity contribution is -0.179. The number of aromatic nitrogens is 2. The Hall–Kier alpha value is -3.61. The van der Waals surface area contributed by atoms with Crippen LogP contribution < -0.4 is 5.32 Å². The molecule has 1 aliphatic heterocycles. The summed E-state index contributed by atoms with van der Waals surface area (Å²) in [5, 5.41) is 3.11. The number of ether oxygens (including phenoxy) is 3. The second-order valence-corrected chi connectivity index (χ2v) is 8.37. The van der Waals surface area contributed by atoms with E-state index >= 15 is 0 Å². The third-order valence-electron chi connectivity index (χ3n) is 4.87. The number of guanidine groups is 1. The zero-order valence-electron chi connectivity index (χ0n) is 19.5. The lowest BCUT2D eigenvalue weighted by Gasteiger charge is -2.24. The van der Waals surface area contributed by atoms with Crippen LogP contribution in [0, 0.1) is 0 Å². The van der Waals surface area contributed by atoms with Gasteiger partial charge in [-0.3, -0.25) is 29.4 Å². The number of nitrogens with one attached hydrogen (secondary N) is 1. The van der Waals surface area contributed by atoms with Crippen molar-refractivity contribution < 1.29 is 33.4 Å². The monoisotopic (exact) mass is 549 g/mol. The number of fused-ring (bicyclic) bond motifs is 1. The van der Waals surface area contributed by atoms with Crippen LogP contribution in [0.1, 0.15) is 27.7 Å². The maximum absolute atomic E-state index is 13.0. The molecule has 3 rings (SSSR count). The molecule has 1 N–H and O–H groups in total. The van der Waals surface area contributed by atoms with Gasteiger partial charge in [0.1, 0.15) is 5.52 Å². The van der Waals surface area contributed by atoms with E-state index in [-0.39, 0.29) is 5.96 Å². The molecule has 12 nitrogen and oxygen atoms in total. The number of amides is 1. The van der Waals surface area contributed by atoms with Gasteiger partial charge in [0, 0.05) is 25.9 Å². The van der Waals surface area contributed by atoms with Gasteiger partial charge in [0.2, 0.25) is 5.96 Å². The molecular weight excluding hydrogens is 526 g/mol. The smallest absolute Gasteiger partial charge is 0.347 e. The van der Waals surface area contributed by atoms with Crippen molar-refractivity contribution >= 4 is 62.4 Å². The van der Waals surface area contributed by atoms with E-state index in [0.29, 0.717) is 34.3 Å². The first-order chi connectivity index (χ1) is 16.6. The standard InChI is InChI=1S/C22H24BrN5O7/c1-11(34-21(32)13(3)35-20(31)12(2)33-14(4)29)19(30)28-10-9-26-22(28)27-15-5-6-16-18(17(15)23)25-8-7-24-16/h5-8,11-13H,9-10H2,1-4H3,(H,26,27)/t11-,12-,13-/m0/s1. The van der Waals surface area contributed by atoms with Crippen molar-refractivity contribution in [2.24, 2.45) is 4.99 Å². The fraction of sp³-hybridized carbons (Fsp3) is 0.409. The SMILES string of the molecule is CC(=O)O[C@@H](C)C(=O)O[C@@H](C)C(=O)O[C@@H](C)C(=O)N1CCN=C1Nc1ccc2nccnc2c1Br. The van der Waals surface area contributed by atoms with Crippen LogP contribution in [0.25, 0.3) is 11.0 Å². The fourth-order valence-electron chi connectivity index (χ4n) is 3.14. The predicted molar refractivity (Wildman–Crippen MR) is 127 cm³/mol. The quantitative estimate of drug-likeness (QED) is 0.400. The lowest BCUT2D eigenvalue weighted by Crippen LogP contribution is -2.45. The van der Waals surface area contributed by atoms with Crippen LogP contribution in [0.5, 0.6) is 0 Å². The number of rotatable bonds is 7. The Kier molecular flexibility index (Phi) is 8.33. The second-order valence-electron chi connectivity index (χ2n) is 7.58. The molecule has 0 spiro atoms. The molecule has 1 aromatic carbocycles. The summed E-state index contributed by atoms with van der Waals surface area (Å²) in [6.45, 7) is 5.82. The maximum atomic E-state index is 13.0. The number of esters is 3. The Morgan fingerprint density at radius 3 is 2.29 bits per heavy atom. The van der Waals surface area contributed by atoms with E-state index in [4.69, 9.17) is 14.2 Å². The van der Waals surface area contributed by atoms with Gasteiger partial charge in [0.15, 0.2) is 18.3 Å². The van der Waals surface area contributed by atoms with Gasteiger partial charge >= 0.3 is 17.9 Å². The minimum Gasteiger partial charge on any atom is -0.451 e. The highest BCUT2D eigenvalue weighted by molar-refractivity contribution is 9.10. The topological polar surface area (TPSA) is 149 Å². The lowest BCUT2D eigenvalue weighted by atomic mass is 10.2. The Bertz CT molecular complexity index is 1190. The number of benzene rings is 1. The van der Waals surface area contributed by atoms with Crippen molar-refractivity contribution in [1.29, 1.82) is 0 Å². The number of nitrogens with zero attached hydrogens (tertiary/aromatic N) is 4. The molecule has 0 saturated carbocycles. The van der Waals surface area contributed by atoms with Crippen molar-refractivity contribution in [2.45, 2.75) is 46.0 Å². The van der Waals surface area contributed by atoms with Crippen LogP contribution in [0.3, 0.4) is 0 Å². The van der Waals surface area contributed by atoms with Crippen molar-refractivity contribution in [1.82, 2.24) is 14.9 Å². The summed E-state index contributed by atoms with van der Waals surface area (Å²) >= 11 is 3.50. The molecule has 0 unspecified atom stereocenters. The summed E-state index contributed by atoms with van der Waals surface area (Å²) in [5.41, 5.74) is 1.97. The summed E-state index contributed by atoms with van der Waals surface area (Å²) in [4.78, 5) is 62.5. The Labute approximate surface area is 209 Å². The molecule has 13 heteroatoms. The number of halogens is 1. The molecule has 3 atom stereocenters. The highest BCUT2D eigenvalue weighted by Gasteiger charge is 2.32. The van der Waals surface area contributed by atoms with Crippen molar-refractivity contribution in [3.05, 3.63) is 29.0 Å². The first-order valence-electron chi connectivity index (χ1n) is 10.7. The van der Waals surface area contributed by atoms with E-state index in [1.807, 2.05) is 0 Å². The largest absolute Gasteiger partial charge is 0.451 e. The van der Waals surface area contributed by atoms with Gasteiger partial charge in [-0.25, -0.2) is 9.59 Å². The van der Waals surface area contributed by atoms with E-state index in [0.717, 1.165) is 6.92 Å². The first-order valence-corrected chi connectivity index (χ1v) is 11.5. The third kappa shape index (κ3) is 6.29. The normalized spacial score (nSPS) is 15.6. The summed E-state index contributed by atoms with van der Waals surface area (Å²) in [5.74, 6) is -2.71. The summed E-state index contributed by atoms with van der Waals surface area (Å²) in [6, 6.07) is 3.56. The molecule has 1 aliphatic rings. The predicted octanol–water partition coefficient (Wildman–Crippen LogP) is 1.82. The zero-order valence-corrected chi connectivity index (χ0v) is 21.1. The average Bonchev–Trinajstić information content (AvgIpc) is 3.28. The molecule has 0 radical (unpaired) electrons. The number of hydrogen-bond acceptors (Lipinski definition) is 11. The summed E-state index contributed by atoms with van der Waals surface area (Å²) in [6.07, 6.45) is -0.503. The molecule has 2 aromatic rings. The Morgan fingerprint density at radius 2 is 1.60 bits per heavy atom. The number of aliphatic imine (C=N–C) groups is 1. The third-order valence-corrected chi connectivity index (χ3v) is 5.68. The molecule has 2 heterocycles. The van der Waals surface area contributed by atoms with Gasteiger partial charge in [0.05, 0.1) is 22.2 Å². The molecule has 35 heavy (non-hydrogen) atoms. The highest BCUT2D eigenvalue weighted by atomic mass is 79.9. The minimum atomic E-state index is -1.31. The van der Waals surface area contributed by atoms with Gasteiger partial charge in [0.25, 0.3) is 5.91 Å². The van der Waals surface area contributed by atoms with Gasteiger partial charge in [-0.1, -0.05) is 0 Å².